The number of esters is 1. The molecule has 0 aromatic heterocycles. The second-order valence-electron chi connectivity index (χ2n) is 1.86. The molecule has 2 nitrogen and oxygen atoms in total. The van der Waals surface area contributed by atoms with Gasteiger partial charge in [0.25, 0.3) is 0 Å². The van der Waals surface area contributed by atoms with Gasteiger partial charge in [-0.15, -0.1) is 35.3 Å². The third kappa shape index (κ3) is 3.17. The molecule has 0 spiro atoms. The first kappa shape index (κ1) is 9.61. The lowest BCUT2D eigenvalue weighted by Crippen LogP contribution is -2.19. The number of thioether (sulfide) groups is 3. The first-order chi connectivity index (χ1) is 5.34. The molecule has 0 N–H and O–H groups in total. The van der Waals surface area contributed by atoms with E-state index in [1.165, 1.54) is 0 Å². The van der Waals surface area contributed by atoms with Gasteiger partial charge in [-0.25, -0.2) is 4.79 Å². The lowest BCUT2D eigenvalue weighted by Gasteiger charge is -2.18. The van der Waals surface area contributed by atoms with Gasteiger partial charge in [0.05, 0.1) is 6.61 Å². The van der Waals surface area contributed by atoms with E-state index in [2.05, 4.69) is 0 Å². The van der Waals surface area contributed by atoms with Gasteiger partial charge in [-0.3, -0.25) is 0 Å². The molecule has 0 atom stereocenters. The molecular weight excluding hydrogens is 200 g/mol. The van der Waals surface area contributed by atoms with Gasteiger partial charge in [-0.05, 0) is 6.92 Å². The maximum absolute atomic E-state index is 11.1. The molecule has 0 saturated carbocycles. The fourth-order valence-corrected chi connectivity index (χ4v) is 5.08. The smallest absolute Gasteiger partial charge is 0.329 e. The summed E-state index contributed by atoms with van der Waals surface area (Å²) >= 11 is 5.18. The van der Waals surface area contributed by atoms with Crippen molar-refractivity contribution in [2.24, 2.45) is 0 Å². The van der Waals surface area contributed by atoms with Crippen LogP contribution in [0.5, 0.6) is 0 Å². The van der Waals surface area contributed by atoms with E-state index in [-0.39, 0.29) is 10.6 Å². The molecule has 0 bridgehead atoms. The standard InChI is InChI=1S/C6H10O2S3/c1-2-8-5(7)6-10-3-9-4-11-6/h6H,2-4H2,1H3. The molecule has 11 heavy (non-hydrogen) atoms. The van der Waals surface area contributed by atoms with Gasteiger partial charge in [0.1, 0.15) is 4.58 Å². The summed E-state index contributed by atoms with van der Waals surface area (Å²) in [6.45, 7) is 2.33. The van der Waals surface area contributed by atoms with Crippen LogP contribution in [0.4, 0.5) is 0 Å². The molecule has 0 aromatic rings. The van der Waals surface area contributed by atoms with E-state index in [1.54, 1.807) is 23.5 Å². The van der Waals surface area contributed by atoms with E-state index < -0.39 is 0 Å². The van der Waals surface area contributed by atoms with E-state index in [0.29, 0.717) is 6.61 Å². The van der Waals surface area contributed by atoms with Crippen LogP contribution in [0.2, 0.25) is 0 Å². The first-order valence-electron chi connectivity index (χ1n) is 3.32. The molecule has 0 aliphatic carbocycles. The average molecular weight is 210 g/mol. The topological polar surface area (TPSA) is 26.3 Å². The van der Waals surface area contributed by atoms with E-state index in [4.69, 9.17) is 4.74 Å². The van der Waals surface area contributed by atoms with Crippen molar-refractivity contribution < 1.29 is 9.53 Å². The highest BCUT2D eigenvalue weighted by Gasteiger charge is 2.23. The van der Waals surface area contributed by atoms with E-state index in [0.717, 1.165) is 10.2 Å². The molecule has 1 aliphatic heterocycles. The molecule has 0 aromatic carbocycles. The van der Waals surface area contributed by atoms with Crippen molar-refractivity contribution in [3.63, 3.8) is 0 Å². The molecule has 0 radical (unpaired) electrons. The summed E-state index contributed by atoms with van der Waals surface area (Å²) in [5, 5.41) is 2.02. The molecule has 0 amide bonds. The summed E-state index contributed by atoms with van der Waals surface area (Å²) in [4.78, 5) is 11.1. The number of hydrogen-bond donors (Lipinski definition) is 0. The van der Waals surface area contributed by atoms with Crippen LogP contribution >= 0.6 is 35.3 Å². The highest BCUT2D eigenvalue weighted by molar-refractivity contribution is 8.33. The Balaban J connectivity index is 2.27. The van der Waals surface area contributed by atoms with E-state index in [1.807, 2.05) is 18.7 Å². The maximum atomic E-state index is 11.1. The van der Waals surface area contributed by atoms with Crippen molar-refractivity contribution in [1.29, 1.82) is 0 Å². The molecule has 64 valence electrons. The fraction of sp³-hybridized carbons (Fsp3) is 0.833. The minimum atomic E-state index is -0.0669. The lowest BCUT2D eigenvalue weighted by molar-refractivity contribution is -0.140. The van der Waals surface area contributed by atoms with Crippen LogP contribution in [-0.4, -0.2) is 27.3 Å². The van der Waals surface area contributed by atoms with Crippen LogP contribution in [0.1, 0.15) is 6.92 Å². The summed E-state index contributed by atoms with van der Waals surface area (Å²) in [6.07, 6.45) is 0. The Morgan fingerprint density at radius 1 is 1.55 bits per heavy atom. The number of carbonyl (C=O) groups is 1. The zero-order valence-corrected chi connectivity index (χ0v) is 8.69. The third-order valence-electron chi connectivity index (χ3n) is 1.08. The van der Waals surface area contributed by atoms with Crippen LogP contribution in [0.15, 0.2) is 0 Å². The highest BCUT2D eigenvalue weighted by Crippen LogP contribution is 2.36. The second kappa shape index (κ2) is 5.22. The van der Waals surface area contributed by atoms with Crippen molar-refractivity contribution in [2.75, 3.05) is 16.8 Å². The van der Waals surface area contributed by atoms with Gasteiger partial charge in [0.2, 0.25) is 0 Å². The first-order valence-corrected chi connectivity index (χ1v) is 6.57. The van der Waals surface area contributed by atoms with Gasteiger partial charge in [0.15, 0.2) is 0 Å². The van der Waals surface area contributed by atoms with Gasteiger partial charge in [-0.1, -0.05) is 0 Å². The van der Waals surface area contributed by atoms with Crippen molar-refractivity contribution in [2.45, 2.75) is 11.5 Å². The molecule has 1 rings (SSSR count). The predicted octanol–water partition coefficient (Wildman–Crippen LogP) is 2.00. The maximum Gasteiger partial charge on any atom is 0.329 e. The highest BCUT2D eigenvalue weighted by atomic mass is 32.3. The van der Waals surface area contributed by atoms with Crippen LogP contribution in [0.3, 0.4) is 0 Å². The number of carbonyl (C=O) groups excluding carboxylic acids is 1. The van der Waals surface area contributed by atoms with Crippen molar-refractivity contribution in [3.8, 4) is 0 Å². The minimum Gasteiger partial charge on any atom is -0.465 e. The van der Waals surface area contributed by atoms with Gasteiger partial charge < -0.3 is 4.74 Å². The summed E-state index contributed by atoms with van der Waals surface area (Å²) < 4.78 is 4.92. The molecule has 5 heteroatoms. The third-order valence-corrected chi connectivity index (χ3v) is 5.31. The van der Waals surface area contributed by atoms with Gasteiger partial charge in [0, 0.05) is 10.2 Å². The summed E-state index contributed by atoms with van der Waals surface area (Å²) in [7, 11) is 0. The van der Waals surface area contributed by atoms with Crippen LogP contribution in [0.25, 0.3) is 0 Å². The number of rotatable bonds is 2. The van der Waals surface area contributed by atoms with Gasteiger partial charge in [-0.2, -0.15) is 0 Å². The molecule has 1 saturated heterocycles. The molecule has 1 fully saturated rings. The SMILES string of the molecule is CCOC(=O)C1SCSCS1. The van der Waals surface area contributed by atoms with Crippen molar-refractivity contribution in [1.82, 2.24) is 0 Å². The van der Waals surface area contributed by atoms with Crippen LogP contribution in [0, 0.1) is 0 Å². The van der Waals surface area contributed by atoms with Crippen molar-refractivity contribution in [3.05, 3.63) is 0 Å². The summed E-state index contributed by atoms with van der Waals surface area (Å²) in [5.41, 5.74) is 0. The molecule has 1 heterocycles. The Labute approximate surface area is 79.2 Å². The largest absolute Gasteiger partial charge is 0.465 e. The number of ether oxygens (including phenoxy) is 1. The van der Waals surface area contributed by atoms with E-state index >= 15 is 0 Å². The van der Waals surface area contributed by atoms with Gasteiger partial charge >= 0.3 is 5.97 Å². The molecule has 1 aliphatic rings. The summed E-state index contributed by atoms with van der Waals surface area (Å²) in [5.74, 6) is -0.0669. The Morgan fingerprint density at radius 3 is 2.73 bits per heavy atom. The van der Waals surface area contributed by atoms with Crippen LogP contribution < -0.4 is 0 Å². The molecule has 0 unspecified atom stereocenters. The Hall–Kier alpha value is 0.520. The normalized spacial score (nSPS) is 19.7. The average Bonchev–Trinajstić information content (AvgIpc) is 2.07. The Morgan fingerprint density at radius 2 is 2.18 bits per heavy atom. The van der Waals surface area contributed by atoms with Crippen molar-refractivity contribution >= 4 is 41.3 Å². The zero-order valence-electron chi connectivity index (χ0n) is 6.24. The molecular formula is C6H10O2S3. The fourth-order valence-electron chi connectivity index (χ4n) is 0.648. The monoisotopic (exact) mass is 210 g/mol. The quantitative estimate of drug-likeness (QED) is 0.650. The second-order valence-corrected chi connectivity index (χ2v) is 6.06. The lowest BCUT2D eigenvalue weighted by atomic mass is 10.7. The minimum absolute atomic E-state index is 0.0243. The number of hydrogen-bond acceptors (Lipinski definition) is 5. The Kier molecular flexibility index (Phi) is 4.56. The van der Waals surface area contributed by atoms with E-state index in [9.17, 15) is 4.79 Å². The van der Waals surface area contributed by atoms with Crippen LogP contribution in [-0.2, 0) is 9.53 Å². The predicted molar refractivity (Wildman–Crippen MR) is 52.9 cm³/mol. The summed E-state index contributed by atoms with van der Waals surface area (Å²) in [6, 6.07) is 0. The zero-order chi connectivity index (χ0) is 8.10. The Bertz CT molecular complexity index is 134.